The normalized spacial score (nSPS) is 10.3. The van der Waals surface area contributed by atoms with E-state index in [-0.39, 0.29) is 42.3 Å². The molecule has 1 aromatic carbocycles. The van der Waals surface area contributed by atoms with Crippen LogP contribution in [-0.2, 0) is 7.05 Å². The first kappa shape index (κ1) is 22.9. The van der Waals surface area contributed by atoms with Crippen LogP contribution in [0, 0.1) is 6.92 Å². The van der Waals surface area contributed by atoms with E-state index < -0.39 is 0 Å². The second-order valence-corrected chi connectivity index (χ2v) is 5.11. The van der Waals surface area contributed by atoms with Crippen LogP contribution in [0.1, 0.15) is 18.2 Å². The lowest BCUT2D eigenvalue weighted by Gasteiger charge is -2.07. The monoisotopic (exact) mass is 476 g/mol. The van der Waals surface area contributed by atoms with Crippen molar-refractivity contribution < 1.29 is 28.5 Å². The van der Waals surface area contributed by atoms with Gasteiger partial charge in [0.1, 0.15) is 0 Å². The van der Waals surface area contributed by atoms with Crippen molar-refractivity contribution in [3.05, 3.63) is 41.6 Å². The van der Waals surface area contributed by atoms with E-state index in [1.54, 1.807) is 0 Å². The van der Waals surface area contributed by atoms with Gasteiger partial charge in [0.25, 0.3) is 0 Å². The van der Waals surface area contributed by atoms with Crippen molar-refractivity contribution in [3.8, 4) is 0 Å². The van der Waals surface area contributed by atoms with Gasteiger partial charge in [-0.15, -0.1) is 17.5 Å². The van der Waals surface area contributed by atoms with Gasteiger partial charge in [0.2, 0.25) is 11.8 Å². The number of halogens is 2. The number of hydrogen-bond donors (Lipinski definition) is 4. The molecule has 136 valence electrons. The summed E-state index contributed by atoms with van der Waals surface area (Å²) in [7, 11) is 1.87. The van der Waals surface area contributed by atoms with Gasteiger partial charge < -0.3 is 40.8 Å². The average molecular weight is 477 g/mol. The van der Waals surface area contributed by atoms with Gasteiger partial charge >= 0.3 is 5.95 Å². The summed E-state index contributed by atoms with van der Waals surface area (Å²) in [5, 5.41) is 10.8. The molecule has 8 nitrogen and oxygen atoms in total. The topological polar surface area (TPSA) is 132 Å². The van der Waals surface area contributed by atoms with Gasteiger partial charge in [-0.05, 0) is 31.5 Å². The van der Waals surface area contributed by atoms with Crippen LogP contribution < -0.4 is 51.1 Å². The SMILES string of the molecule is C/C(=N\N=C(N)N)c1ccc(Nc2cc(C)[n+](C)c(N)n2)cc1.Cl.[I-]. The summed E-state index contributed by atoms with van der Waals surface area (Å²) < 4.78 is 1.82. The van der Waals surface area contributed by atoms with Gasteiger partial charge in [-0.25, -0.2) is 4.57 Å². The van der Waals surface area contributed by atoms with Crippen molar-refractivity contribution in [2.45, 2.75) is 13.8 Å². The standard InChI is InChI=1S/C15H20N8.ClH.HI/c1-9-8-13(20-15(18)23(9)3)19-12-6-4-11(5-7-12)10(2)21-22-14(16)17;;/h4-8H,1-3H3,(H6,16,17,18,19,20,21,22);2*1H. The highest BCUT2D eigenvalue weighted by atomic mass is 127. The van der Waals surface area contributed by atoms with Gasteiger partial charge in [-0.2, -0.15) is 5.10 Å². The molecule has 0 amide bonds. The molecule has 0 fully saturated rings. The molecule has 25 heavy (non-hydrogen) atoms. The van der Waals surface area contributed by atoms with Crippen molar-refractivity contribution in [1.82, 2.24) is 4.98 Å². The number of nitrogens with zero attached hydrogens (tertiary/aromatic N) is 4. The lowest BCUT2D eigenvalue weighted by Crippen LogP contribution is -3.00. The van der Waals surface area contributed by atoms with E-state index in [2.05, 4.69) is 20.5 Å². The van der Waals surface area contributed by atoms with Crippen molar-refractivity contribution >= 4 is 41.5 Å². The Labute approximate surface area is 170 Å². The number of anilines is 3. The van der Waals surface area contributed by atoms with Crippen LogP contribution >= 0.6 is 12.4 Å². The van der Waals surface area contributed by atoms with Crippen molar-refractivity contribution in [2.24, 2.45) is 28.7 Å². The molecule has 2 aromatic rings. The summed E-state index contributed by atoms with van der Waals surface area (Å²) in [4.78, 5) is 4.30. The smallest absolute Gasteiger partial charge is 0.391 e. The molecule has 0 radical (unpaired) electrons. The lowest BCUT2D eigenvalue weighted by atomic mass is 10.1. The first-order valence-corrected chi connectivity index (χ1v) is 7.00. The zero-order valence-electron chi connectivity index (χ0n) is 14.2. The predicted octanol–water partition coefficient (Wildman–Crippen LogP) is -2.04. The maximum absolute atomic E-state index is 5.86. The lowest BCUT2D eigenvalue weighted by molar-refractivity contribution is -0.665. The largest absolute Gasteiger partial charge is 1.00 e. The summed E-state index contributed by atoms with van der Waals surface area (Å²) in [6.45, 7) is 3.80. The summed E-state index contributed by atoms with van der Waals surface area (Å²) in [5.41, 5.74) is 19.9. The summed E-state index contributed by atoms with van der Waals surface area (Å²) in [6.07, 6.45) is 0. The minimum absolute atomic E-state index is 0. The average Bonchev–Trinajstić information content (AvgIpc) is 2.51. The fourth-order valence-corrected chi connectivity index (χ4v) is 1.90. The predicted molar refractivity (Wildman–Crippen MR) is 99.6 cm³/mol. The number of nitrogens with two attached hydrogens (primary N) is 3. The fraction of sp³-hybridized carbons (Fsp3) is 0.200. The molecular weight excluding hydrogens is 455 g/mol. The van der Waals surface area contributed by atoms with E-state index in [0.717, 1.165) is 22.7 Å². The molecule has 0 aliphatic carbocycles. The third-order valence-corrected chi connectivity index (χ3v) is 3.34. The van der Waals surface area contributed by atoms with Gasteiger partial charge in [-0.3, -0.25) is 5.73 Å². The van der Waals surface area contributed by atoms with Crippen molar-refractivity contribution in [1.29, 1.82) is 0 Å². The van der Waals surface area contributed by atoms with Crippen LogP contribution in [0.5, 0.6) is 0 Å². The van der Waals surface area contributed by atoms with Crippen LogP contribution in [0.3, 0.4) is 0 Å². The Balaban J connectivity index is 0.00000288. The van der Waals surface area contributed by atoms with Gasteiger partial charge in [0, 0.05) is 11.8 Å². The second kappa shape index (κ2) is 9.99. The maximum Gasteiger partial charge on any atom is 0.391 e. The summed E-state index contributed by atoms with van der Waals surface area (Å²) >= 11 is 0. The quantitative estimate of drug-likeness (QED) is 0.133. The first-order valence-electron chi connectivity index (χ1n) is 7.00. The fourth-order valence-electron chi connectivity index (χ4n) is 1.90. The Morgan fingerprint density at radius 2 is 1.76 bits per heavy atom. The Bertz CT molecular complexity index is 747. The summed E-state index contributed by atoms with van der Waals surface area (Å²) in [6, 6.07) is 9.61. The third-order valence-electron chi connectivity index (χ3n) is 3.34. The molecule has 0 aliphatic rings. The molecular formula is C15H22ClIN8. The Kier molecular flexibility index (Phi) is 9.13. The van der Waals surface area contributed by atoms with Crippen molar-refractivity contribution in [2.75, 3.05) is 11.1 Å². The Morgan fingerprint density at radius 3 is 2.28 bits per heavy atom. The van der Waals surface area contributed by atoms with Gasteiger partial charge in [0.15, 0.2) is 0 Å². The van der Waals surface area contributed by atoms with Crippen LogP contribution in [0.25, 0.3) is 0 Å². The molecule has 1 aromatic heterocycles. The van der Waals surface area contributed by atoms with Gasteiger partial charge in [-0.1, -0.05) is 17.1 Å². The van der Waals surface area contributed by atoms with E-state index in [0.29, 0.717) is 11.8 Å². The Hall–Kier alpha value is -2.14. The number of nitrogen functional groups attached to an aromatic ring is 1. The molecule has 0 saturated carbocycles. The molecule has 0 saturated heterocycles. The number of guanidine groups is 1. The number of aromatic nitrogens is 2. The highest BCUT2D eigenvalue weighted by Crippen LogP contribution is 2.16. The van der Waals surface area contributed by atoms with E-state index in [4.69, 9.17) is 17.2 Å². The number of nitrogens with one attached hydrogen (secondary N) is 1. The van der Waals surface area contributed by atoms with Crippen LogP contribution in [0.2, 0.25) is 0 Å². The number of hydrogen-bond acceptors (Lipinski definition) is 5. The molecule has 0 spiro atoms. The molecule has 0 unspecified atom stereocenters. The highest BCUT2D eigenvalue weighted by Gasteiger charge is 2.10. The molecule has 7 N–H and O–H groups in total. The van der Waals surface area contributed by atoms with E-state index in [1.165, 1.54) is 0 Å². The van der Waals surface area contributed by atoms with Gasteiger partial charge in [0.05, 0.1) is 18.5 Å². The molecule has 2 rings (SSSR count). The second-order valence-electron chi connectivity index (χ2n) is 5.11. The minimum atomic E-state index is -0.0705. The number of benzene rings is 1. The molecule has 10 heteroatoms. The zero-order valence-corrected chi connectivity index (χ0v) is 17.2. The maximum atomic E-state index is 5.86. The minimum Gasteiger partial charge on any atom is -1.00 e. The third kappa shape index (κ3) is 6.35. The van der Waals surface area contributed by atoms with E-state index >= 15 is 0 Å². The summed E-state index contributed by atoms with van der Waals surface area (Å²) in [5.74, 6) is 1.07. The number of rotatable bonds is 4. The molecule has 0 atom stereocenters. The van der Waals surface area contributed by atoms with Crippen molar-refractivity contribution in [3.63, 3.8) is 0 Å². The highest BCUT2D eigenvalue weighted by molar-refractivity contribution is 5.99. The van der Waals surface area contributed by atoms with E-state index in [9.17, 15) is 0 Å². The Morgan fingerprint density at radius 1 is 1.16 bits per heavy atom. The molecule has 1 heterocycles. The van der Waals surface area contributed by atoms with Crippen LogP contribution in [0.15, 0.2) is 40.5 Å². The van der Waals surface area contributed by atoms with Crippen LogP contribution in [0.4, 0.5) is 17.5 Å². The van der Waals surface area contributed by atoms with Crippen LogP contribution in [-0.4, -0.2) is 16.7 Å². The molecule has 0 bridgehead atoms. The number of aryl methyl sites for hydroxylation is 1. The zero-order chi connectivity index (χ0) is 17.0. The van der Waals surface area contributed by atoms with E-state index in [1.807, 2.05) is 55.8 Å². The molecule has 0 aliphatic heterocycles. The first-order chi connectivity index (χ1) is 10.9.